The van der Waals surface area contributed by atoms with Crippen molar-refractivity contribution in [1.29, 1.82) is 0 Å². The monoisotopic (exact) mass is 293 g/mol. The van der Waals surface area contributed by atoms with E-state index in [0.717, 1.165) is 11.3 Å². The molecule has 1 aromatic heterocycles. The number of furan rings is 1. The Bertz CT molecular complexity index is 630. The fourth-order valence-corrected chi connectivity index (χ4v) is 3.44. The van der Waals surface area contributed by atoms with Gasteiger partial charge in [-0.3, -0.25) is 0 Å². The molecule has 0 saturated heterocycles. The first-order valence-electron chi connectivity index (χ1n) is 6.52. The van der Waals surface area contributed by atoms with E-state index in [4.69, 9.17) is 4.42 Å². The summed E-state index contributed by atoms with van der Waals surface area (Å²) < 4.78 is 29.7. The van der Waals surface area contributed by atoms with Crippen LogP contribution in [0.4, 0.5) is 0 Å². The number of hydrogen-bond donors (Lipinski definition) is 1. The molecule has 0 unspecified atom stereocenters. The average molecular weight is 293 g/mol. The first kappa shape index (κ1) is 14.8. The number of benzene rings is 1. The third kappa shape index (κ3) is 3.95. The quantitative estimate of drug-likeness (QED) is 0.889. The minimum absolute atomic E-state index is 0.0662. The van der Waals surface area contributed by atoms with Gasteiger partial charge in [-0.2, -0.15) is 0 Å². The summed E-state index contributed by atoms with van der Waals surface area (Å²) in [5, 5.41) is 3.15. The van der Waals surface area contributed by atoms with Crippen LogP contribution in [-0.4, -0.2) is 20.2 Å². The van der Waals surface area contributed by atoms with Gasteiger partial charge in [0, 0.05) is 6.04 Å². The number of aryl methyl sites for hydroxylation is 1. The van der Waals surface area contributed by atoms with Crippen LogP contribution in [0.2, 0.25) is 0 Å². The van der Waals surface area contributed by atoms with E-state index >= 15 is 0 Å². The molecule has 5 heteroatoms. The van der Waals surface area contributed by atoms with E-state index in [0.29, 0.717) is 11.4 Å². The molecule has 0 amide bonds. The summed E-state index contributed by atoms with van der Waals surface area (Å²) in [7, 11) is -3.26. The predicted octanol–water partition coefficient (Wildman–Crippen LogP) is 2.54. The summed E-state index contributed by atoms with van der Waals surface area (Å²) in [6.07, 6.45) is 1.60. The molecule has 0 saturated carbocycles. The van der Waals surface area contributed by atoms with Crippen LogP contribution in [0.15, 0.2) is 52.0 Å². The van der Waals surface area contributed by atoms with E-state index in [1.807, 2.05) is 38.1 Å². The van der Waals surface area contributed by atoms with E-state index in [1.165, 1.54) is 0 Å². The van der Waals surface area contributed by atoms with Gasteiger partial charge < -0.3 is 9.73 Å². The molecule has 20 heavy (non-hydrogen) atoms. The van der Waals surface area contributed by atoms with Crippen LogP contribution >= 0.6 is 0 Å². The van der Waals surface area contributed by atoms with Crippen molar-refractivity contribution >= 4 is 9.84 Å². The maximum atomic E-state index is 12.3. The van der Waals surface area contributed by atoms with Gasteiger partial charge in [0.1, 0.15) is 5.76 Å². The molecule has 0 aliphatic carbocycles. The van der Waals surface area contributed by atoms with Crippen molar-refractivity contribution in [3.8, 4) is 0 Å². The number of hydrogen-bond acceptors (Lipinski definition) is 4. The van der Waals surface area contributed by atoms with Crippen molar-refractivity contribution in [3.05, 3.63) is 54.0 Å². The number of nitrogens with one attached hydrogen (secondary N) is 1. The SMILES string of the molecule is Cc1ccc(S(=O)(=O)C[C@H](C)NCc2ccco2)cc1. The van der Waals surface area contributed by atoms with Crippen LogP contribution in [0.3, 0.4) is 0 Å². The Labute approximate surface area is 119 Å². The van der Waals surface area contributed by atoms with E-state index < -0.39 is 9.84 Å². The lowest BCUT2D eigenvalue weighted by Crippen LogP contribution is -2.32. The van der Waals surface area contributed by atoms with Gasteiger partial charge in [0.15, 0.2) is 9.84 Å². The molecular formula is C15H19NO3S. The molecule has 0 aliphatic rings. The summed E-state index contributed by atoms with van der Waals surface area (Å²) in [6, 6.07) is 10.5. The summed E-state index contributed by atoms with van der Waals surface area (Å²) in [6.45, 7) is 4.32. The standard InChI is InChI=1S/C15H19NO3S/c1-12-5-7-15(8-6-12)20(17,18)11-13(2)16-10-14-4-3-9-19-14/h3-9,13,16H,10-11H2,1-2H3/t13-/m0/s1. The van der Waals surface area contributed by atoms with Gasteiger partial charge in [-0.25, -0.2) is 8.42 Å². The molecule has 1 aromatic carbocycles. The van der Waals surface area contributed by atoms with E-state index in [2.05, 4.69) is 5.32 Å². The molecule has 0 bridgehead atoms. The average Bonchev–Trinajstić information content (AvgIpc) is 2.89. The topological polar surface area (TPSA) is 59.3 Å². The minimum atomic E-state index is -3.26. The summed E-state index contributed by atoms with van der Waals surface area (Å²) in [5.74, 6) is 0.862. The molecular weight excluding hydrogens is 274 g/mol. The zero-order valence-electron chi connectivity index (χ0n) is 11.7. The lowest BCUT2D eigenvalue weighted by molar-refractivity contribution is 0.463. The zero-order valence-corrected chi connectivity index (χ0v) is 12.5. The molecule has 0 radical (unpaired) electrons. The Morgan fingerprint density at radius 1 is 1.20 bits per heavy atom. The third-order valence-corrected chi connectivity index (χ3v) is 4.98. The Hall–Kier alpha value is -1.59. The second kappa shape index (κ2) is 6.24. The van der Waals surface area contributed by atoms with Gasteiger partial charge in [0.2, 0.25) is 0 Å². The molecule has 2 rings (SSSR count). The second-order valence-electron chi connectivity index (χ2n) is 4.96. The highest BCUT2D eigenvalue weighted by Crippen LogP contribution is 2.13. The maximum absolute atomic E-state index is 12.3. The molecule has 1 atom stereocenters. The highest BCUT2D eigenvalue weighted by molar-refractivity contribution is 7.91. The molecule has 1 heterocycles. The summed E-state index contributed by atoms with van der Waals surface area (Å²) in [4.78, 5) is 0.370. The van der Waals surface area contributed by atoms with Crippen LogP contribution in [0.5, 0.6) is 0 Å². The molecule has 0 fully saturated rings. The van der Waals surface area contributed by atoms with E-state index in [9.17, 15) is 8.42 Å². The van der Waals surface area contributed by atoms with Crippen molar-refractivity contribution in [2.45, 2.75) is 31.3 Å². The fourth-order valence-electron chi connectivity index (χ4n) is 1.92. The van der Waals surface area contributed by atoms with E-state index in [1.54, 1.807) is 18.4 Å². The van der Waals surface area contributed by atoms with Gasteiger partial charge in [-0.1, -0.05) is 17.7 Å². The Morgan fingerprint density at radius 3 is 2.50 bits per heavy atom. The number of sulfone groups is 1. The van der Waals surface area contributed by atoms with Gasteiger partial charge in [-0.05, 0) is 38.1 Å². The van der Waals surface area contributed by atoms with Crippen molar-refractivity contribution in [3.63, 3.8) is 0 Å². The third-order valence-electron chi connectivity index (χ3n) is 3.05. The Kier molecular flexibility index (Phi) is 4.62. The van der Waals surface area contributed by atoms with Crippen molar-refractivity contribution in [1.82, 2.24) is 5.32 Å². The Morgan fingerprint density at radius 2 is 1.90 bits per heavy atom. The first-order chi connectivity index (χ1) is 9.47. The van der Waals surface area contributed by atoms with Gasteiger partial charge >= 0.3 is 0 Å². The summed E-state index contributed by atoms with van der Waals surface area (Å²) in [5.41, 5.74) is 1.05. The molecule has 2 aromatic rings. The van der Waals surface area contributed by atoms with Crippen LogP contribution in [0.1, 0.15) is 18.2 Å². The molecule has 0 spiro atoms. The maximum Gasteiger partial charge on any atom is 0.179 e. The van der Waals surface area contributed by atoms with Gasteiger partial charge in [0.25, 0.3) is 0 Å². The Balaban J connectivity index is 1.95. The largest absolute Gasteiger partial charge is 0.468 e. The van der Waals surface area contributed by atoms with Gasteiger partial charge in [0.05, 0.1) is 23.5 Å². The van der Waals surface area contributed by atoms with Crippen LogP contribution in [-0.2, 0) is 16.4 Å². The fraction of sp³-hybridized carbons (Fsp3) is 0.333. The molecule has 108 valence electrons. The van der Waals surface area contributed by atoms with Crippen molar-refractivity contribution < 1.29 is 12.8 Å². The van der Waals surface area contributed by atoms with Crippen LogP contribution in [0.25, 0.3) is 0 Å². The highest BCUT2D eigenvalue weighted by Gasteiger charge is 2.18. The smallest absolute Gasteiger partial charge is 0.179 e. The molecule has 4 nitrogen and oxygen atoms in total. The lowest BCUT2D eigenvalue weighted by atomic mass is 10.2. The molecule has 1 N–H and O–H groups in total. The van der Waals surface area contributed by atoms with Gasteiger partial charge in [-0.15, -0.1) is 0 Å². The first-order valence-corrected chi connectivity index (χ1v) is 8.18. The van der Waals surface area contributed by atoms with Crippen LogP contribution < -0.4 is 5.32 Å². The second-order valence-corrected chi connectivity index (χ2v) is 6.99. The molecule has 0 aliphatic heterocycles. The summed E-state index contributed by atoms with van der Waals surface area (Å²) >= 11 is 0. The lowest BCUT2D eigenvalue weighted by Gasteiger charge is -2.13. The highest BCUT2D eigenvalue weighted by atomic mass is 32.2. The van der Waals surface area contributed by atoms with E-state index in [-0.39, 0.29) is 11.8 Å². The predicted molar refractivity (Wildman–Crippen MR) is 78.2 cm³/mol. The minimum Gasteiger partial charge on any atom is -0.468 e. The normalized spacial score (nSPS) is 13.3. The van der Waals surface area contributed by atoms with Crippen LogP contribution in [0, 0.1) is 6.92 Å². The van der Waals surface area contributed by atoms with Crippen molar-refractivity contribution in [2.75, 3.05) is 5.75 Å². The van der Waals surface area contributed by atoms with Crippen molar-refractivity contribution in [2.24, 2.45) is 0 Å². The zero-order chi connectivity index (χ0) is 14.6. The number of rotatable bonds is 6.